The lowest BCUT2D eigenvalue weighted by Gasteiger charge is -2.12. The van der Waals surface area contributed by atoms with Crippen molar-refractivity contribution in [2.75, 3.05) is 5.32 Å². The van der Waals surface area contributed by atoms with E-state index in [0.717, 1.165) is 17.7 Å². The normalized spacial score (nSPS) is 11.0. The summed E-state index contributed by atoms with van der Waals surface area (Å²) in [5.74, 6) is 1.19. The Morgan fingerprint density at radius 2 is 1.79 bits per heavy atom. The Morgan fingerprint density at radius 3 is 2.52 bits per heavy atom. The summed E-state index contributed by atoms with van der Waals surface area (Å²) in [5.41, 5.74) is -0.286. The van der Waals surface area contributed by atoms with Crippen molar-refractivity contribution in [3.63, 3.8) is 0 Å². The second-order valence-corrected chi connectivity index (χ2v) is 6.34. The van der Waals surface area contributed by atoms with E-state index in [1.165, 1.54) is 6.07 Å². The SMILES string of the molecule is O=C(NCc1cccc(Oc2ccncc2)c1)Nc1ccc(Cl)c(C(F)(F)F)c1. The quantitative estimate of drug-likeness (QED) is 0.541. The Balaban J connectivity index is 1.59. The van der Waals surface area contributed by atoms with Crippen molar-refractivity contribution in [2.24, 2.45) is 0 Å². The zero-order chi connectivity index (χ0) is 20.9. The average Bonchev–Trinajstić information content (AvgIpc) is 2.68. The number of hydrogen-bond donors (Lipinski definition) is 2. The summed E-state index contributed by atoms with van der Waals surface area (Å²) >= 11 is 5.57. The molecule has 0 aliphatic carbocycles. The third kappa shape index (κ3) is 5.86. The van der Waals surface area contributed by atoms with Gasteiger partial charge in [-0.05, 0) is 48.0 Å². The molecule has 0 fully saturated rings. The summed E-state index contributed by atoms with van der Waals surface area (Å²) < 4.78 is 44.4. The van der Waals surface area contributed by atoms with E-state index in [1.54, 1.807) is 48.8 Å². The van der Waals surface area contributed by atoms with Crippen LogP contribution in [-0.4, -0.2) is 11.0 Å². The molecule has 29 heavy (non-hydrogen) atoms. The van der Waals surface area contributed by atoms with Gasteiger partial charge in [-0.1, -0.05) is 23.7 Å². The predicted octanol–water partition coefficient (Wildman–Crippen LogP) is 5.87. The monoisotopic (exact) mass is 421 g/mol. The number of ether oxygens (including phenoxy) is 1. The lowest BCUT2D eigenvalue weighted by Crippen LogP contribution is -2.28. The second-order valence-electron chi connectivity index (χ2n) is 5.93. The van der Waals surface area contributed by atoms with E-state index in [-0.39, 0.29) is 12.2 Å². The Labute approximate surface area is 169 Å². The van der Waals surface area contributed by atoms with Crippen LogP contribution in [0.25, 0.3) is 0 Å². The molecule has 2 N–H and O–H groups in total. The van der Waals surface area contributed by atoms with Crippen molar-refractivity contribution in [1.29, 1.82) is 0 Å². The zero-order valence-corrected chi connectivity index (χ0v) is 15.6. The van der Waals surface area contributed by atoms with Crippen molar-refractivity contribution >= 4 is 23.3 Å². The van der Waals surface area contributed by atoms with E-state index in [4.69, 9.17) is 16.3 Å². The lowest BCUT2D eigenvalue weighted by atomic mass is 10.2. The van der Waals surface area contributed by atoms with Crippen LogP contribution in [0.15, 0.2) is 67.0 Å². The molecule has 0 bridgehead atoms. The van der Waals surface area contributed by atoms with Gasteiger partial charge in [0.05, 0.1) is 10.6 Å². The number of hydrogen-bond acceptors (Lipinski definition) is 3. The summed E-state index contributed by atoms with van der Waals surface area (Å²) in [6.07, 6.45) is -1.40. The number of aromatic nitrogens is 1. The Bertz CT molecular complexity index is 998. The number of benzene rings is 2. The third-order valence-electron chi connectivity index (χ3n) is 3.77. The van der Waals surface area contributed by atoms with Gasteiger partial charge in [0.2, 0.25) is 0 Å². The third-order valence-corrected chi connectivity index (χ3v) is 4.10. The van der Waals surface area contributed by atoms with Gasteiger partial charge in [0.15, 0.2) is 0 Å². The maximum Gasteiger partial charge on any atom is 0.417 e. The van der Waals surface area contributed by atoms with Gasteiger partial charge in [0.1, 0.15) is 11.5 Å². The molecule has 5 nitrogen and oxygen atoms in total. The highest BCUT2D eigenvalue weighted by molar-refractivity contribution is 6.31. The number of rotatable bonds is 5. The molecule has 0 radical (unpaired) electrons. The van der Waals surface area contributed by atoms with Crippen LogP contribution in [0.4, 0.5) is 23.7 Å². The van der Waals surface area contributed by atoms with Gasteiger partial charge in [0.25, 0.3) is 0 Å². The van der Waals surface area contributed by atoms with E-state index >= 15 is 0 Å². The number of alkyl halides is 3. The molecule has 2 aromatic carbocycles. The van der Waals surface area contributed by atoms with E-state index in [9.17, 15) is 18.0 Å². The van der Waals surface area contributed by atoms with Gasteiger partial charge in [0, 0.05) is 24.6 Å². The number of amides is 2. The maximum absolute atomic E-state index is 12.9. The zero-order valence-electron chi connectivity index (χ0n) is 14.8. The van der Waals surface area contributed by atoms with Crippen molar-refractivity contribution in [1.82, 2.24) is 10.3 Å². The van der Waals surface area contributed by atoms with Crippen LogP contribution in [0.3, 0.4) is 0 Å². The van der Waals surface area contributed by atoms with Crippen LogP contribution in [0.5, 0.6) is 11.5 Å². The fraction of sp³-hybridized carbons (Fsp3) is 0.100. The fourth-order valence-electron chi connectivity index (χ4n) is 2.44. The maximum atomic E-state index is 12.9. The van der Waals surface area contributed by atoms with Crippen molar-refractivity contribution in [2.45, 2.75) is 12.7 Å². The van der Waals surface area contributed by atoms with E-state index in [2.05, 4.69) is 15.6 Å². The molecule has 150 valence electrons. The van der Waals surface area contributed by atoms with Crippen LogP contribution in [-0.2, 0) is 12.7 Å². The minimum Gasteiger partial charge on any atom is -0.457 e. The molecule has 9 heteroatoms. The molecule has 0 spiro atoms. The molecule has 1 heterocycles. The Morgan fingerprint density at radius 1 is 1.03 bits per heavy atom. The number of urea groups is 1. The average molecular weight is 422 g/mol. The number of carbonyl (C=O) groups is 1. The highest BCUT2D eigenvalue weighted by Crippen LogP contribution is 2.36. The van der Waals surface area contributed by atoms with Crippen LogP contribution in [0.1, 0.15) is 11.1 Å². The van der Waals surface area contributed by atoms with Crippen molar-refractivity contribution in [3.8, 4) is 11.5 Å². The molecule has 2 amide bonds. The van der Waals surface area contributed by atoms with E-state index < -0.39 is 22.8 Å². The number of nitrogens with zero attached hydrogens (tertiary/aromatic N) is 1. The van der Waals surface area contributed by atoms with Gasteiger partial charge in [-0.25, -0.2) is 4.79 Å². The number of nitrogens with one attached hydrogen (secondary N) is 2. The van der Waals surface area contributed by atoms with Crippen LogP contribution < -0.4 is 15.4 Å². The summed E-state index contributed by atoms with van der Waals surface area (Å²) in [4.78, 5) is 15.9. The Kier molecular flexibility index (Phi) is 6.23. The summed E-state index contributed by atoms with van der Waals surface area (Å²) in [6, 6.07) is 13.0. The van der Waals surface area contributed by atoms with Gasteiger partial charge >= 0.3 is 12.2 Å². The first-order chi connectivity index (χ1) is 13.8. The summed E-state index contributed by atoms with van der Waals surface area (Å²) in [7, 11) is 0. The molecule has 0 saturated heterocycles. The standard InChI is InChI=1S/C20H15ClF3N3O2/c21-18-5-4-14(11-17(18)20(22,23)24)27-19(28)26-12-13-2-1-3-16(10-13)29-15-6-8-25-9-7-15/h1-11H,12H2,(H2,26,27,28). The molecule has 3 rings (SSSR count). The van der Waals surface area contributed by atoms with Crippen LogP contribution in [0.2, 0.25) is 5.02 Å². The molecule has 0 aliphatic rings. The number of anilines is 1. The van der Waals surface area contributed by atoms with Crippen LogP contribution in [0, 0.1) is 0 Å². The van der Waals surface area contributed by atoms with Gasteiger partial charge in [-0.15, -0.1) is 0 Å². The molecule has 0 saturated carbocycles. The number of carbonyl (C=O) groups excluding carboxylic acids is 1. The van der Waals surface area contributed by atoms with Crippen molar-refractivity contribution in [3.05, 3.63) is 83.1 Å². The van der Waals surface area contributed by atoms with Crippen LogP contribution >= 0.6 is 11.6 Å². The van der Waals surface area contributed by atoms with Gasteiger partial charge in [-0.3, -0.25) is 4.98 Å². The molecule has 0 aliphatic heterocycles. The number of pyridine rings is 1. The summed E-state index contributed by atoms with van der Waals surface area (Å²) in [5, 5.41) is 4.51. The molecule has 0 unspecified atom stereocenters. The largest absolute Gasteiger partial charge is 0.457 e. The molecular weight excluding hydrogens is 407 g/mol. The minimum absolute atomic E-state index is 0.0194. The first-order valence-corrected chi connectivity index (χ1v) is 8.77. The highest BCUT2D eigenvalue weighted by atomic mass is 35.5. The lowest BCUT2D eigenvalue weighted by molar-refractivity contribution is -0.137. The summed E-state index contributed by atoms with van der Waals surface area (Å²) in [6.45, 7) is 0.152. The second kappa shape index (κ2) is 8.83. The highest BCUT2D eigenvalue weighted by Gasteiger charge is 2.33. The molecule has 3 aromatic rings. The number of halogens is 4. The van der Waals surface area contributed by atoms with E-state index in [1.807, 2.05) is 0 Å². The first kappa shape index (κ1) is 20.5. The molecule has 0 atom stereocenters. The minimum atomic E-state index is -4.61. The van der Waals surface area contributed by atoms with Crippen molar-refractivity contribution < 1.29 is 22.7 Å². The topological polar surface area (TPSA) is 63.2 Å². The Hall–Kier alpha value is -3.26. The molecular formula is C20H15ClF3N3O2. The predicted molar refractivity (Wildman–Crippen MR) is 103 cm³/mol. The smallest absolute Gasteiger partial charge is 0.417 e. The fourth-order valence-corrected chi connectivity index (χ4v) is 2.66. The molecule has 1 aromatic heterocycles. The van der Waals surface area contributed by atoms with Gasteiger partial charge < -0.3 is 15.4 Å². The van der Waals surface area contributed by atoms with E-state index in [0.29, 0.717) is 11.5 Å². The first-order valence-electron chi connectivity index (χ1n) is 8.40. The van der Waals surface area contributed by atoms with Gasteiger partial charge in [-0.2, -0.15) is 13.2 Å².